The lowest BCUT2D eigenvalue weighted by Gasteiger charge is -2.21. The van der Waals surface area contributed by atoms with E-state index in [0.717, 1.165) is 44.2 Å². The van der Waals surface area contributed by atoms with Crippen molar-refractivity contribution in [1.29, 1.82) is 0 Å². The van der Waals surface area contributed by atoms with E-state index in [0.29, 0.717) is 12.3 Å². The molecule has 0 radical (unpaired) electrons. The van der Waals surface area contributed by atoms with Crippen LogP contribution in [0.15, 0.2) is 33.7 Å². The van der Waals surface area contributed by atoms with E-state index >= 15 is 0 Å². The van der Waals surface area contributed by atoms with Gasteiger partial charge in [-0.2, -0.15) is 0 Å². The predicted octanol–water partition coefficient (Wildman–Crippen LogP) is 3.83. The number of furan rings is 1. The smallest absolute Gasteiger partial charge is 0.263 e. The number of nitrogens with zero attached hydrogens (tertiary/aromatic N) is 1. The van der Waals surface area contributed by atoms with Crippen LogP contribution >= 0.6 is 0 Å². The first-order valence-electron chi connectivity index (χ1n) is 9.77. The number of aryl methyl sites for hydroxylation is 1. The van der Waals surface area contributed by atoms with Crippen molar-refractivity contribution in [3.05, 3.63) is 57.4 Å². The van der Waals surface area contributed by atoms with Gasteiger partial charge in [0, 0.05) is 12.2 Å². The molecule has 1 aliphatic rings. The maximum absolute atomic E-state index is 13.0. The lowest BCUT2D eigenvalue weighted by atomic mass is 9.95. The molecule has 2 aromatic rings. The van der Waals surface area contributed by atoms with E-state index in [2.05, 4.69) is 12.2 Å². The van der Waals surface area contributed by atoms with Crippen molar-refractivity contribution in [3.8, 4) is 0 Å². The van der Waals surface area contributed by atoms with Crippen LogP contribution in [0.4, 0.5) is 0 Å². The fraction of sp³-hybridized carbons (Fsp3) is 0.524. The van der Waals surface area contributed by atoms with Crippen LogP contribution in [0.5, 0.6) is 0 Å². The average molecular weight is 356 g/mol. The van der Waals surface area contributed by atoms with Crippen LogP contribution in [0.1, 0.15) is 72.8 Å². The van der Waals surface area contributed by atoms with Crippen LogP contribution < -0.4 is 10.9 Å². The summed E-state index contributed by atoms with van der Waals surface area (Å²) in [6, 6.07) is 5.42. The quantitative estimate of drug-likeness (QED) is 0.855. The Bertz CT molecular complexity index is 790. The summed E-state index contributed by atoms with van der Waals surface area (Å²) < 4.78 is 7.12. The number of hydrogen-bond donors (Lipinski definition) is 1. The second-order valence-electron chi connectivity index (χ2n) is 7.02. The highest BCUT2D eigenvalue weighted by Gasteiger charge is 2.20. The molecule has 0 aliphatic heterocycles. The summed E-state index contributed by atoms with van der Waals surface area (Å²) in [5, 5.41) is 2.81. The first-order chi connectivity index (χ1) is 12.7. The Kier molecular flexibility index (Phi) is 6.31. The van der Waals surface area contributed by atoms with E-state index < -0.39 is 0 Å². The van der Waals surface area contributed by atoms with Gasteiger partial charge in [-0.1, -0.05) is 26.2 Å². The van der Waals surface area contributed by atoms with Crippen molar-refractivity contribution >= 4 is 5.91 Å². The first kappa shape index (κ1) is 18.5. The van der Waals surface area contributed by atoms with Crippen LogP contribution in [-0.4, -0.2) is 10.5 Å². The highest BCUT2D eigenvalue weighted by Crippen LogP contribution is 2.20. The summed E-state index contributed by atoms with van der Waals surface area (Å²) in [7, 11) is 0. The summed E-state index contributed by atoms with van der Waals surface area (Å²) in [4.78, 5) is 25.7. The maximum atomic E-state index is 13.0. The number of carbonyl (C=O) groups excluding carboxylic acids is 1. The monoisotopic (exact) mass is 356 g/mol. The van der Waals surface area contributed by atoms with E-state index in [4.69, 9.17) is 4.42 Å². The summed E-state index contributed by atoms with van der Waals surface area (Å²) >= 11 is 0. The molecule has 0 fully saturated rings. The molecule has 0 aromatic carbocycles. The van der Waals surface area contributed by atoms with Gasteiger partial charge in [-0.3, -0.25) is 9.59 Å². The van der Waals surface area contributed by atoms with Gasteiger partial charge in [0.1, 0.15) is 11.3 Å². The number of amides is 1. The SMILES string of the molecule is CCCCn1c2c(cc(C(=O)NCc3ccco3)c1=O)CCCCCC2. The third kappa shape index (κ3) is 4.26. The zero-order valence-corrected chi connectivity index (χ0v) is 15.6. The molecule has 0 saturated heterocycles. The number of hydrogen-bond acceptors (Lipinski definition) is 3. The number of pyridine rings is 1. The van der Waals surface area contributed by atoms with E-state index in [9.17, 15) is 9.59 Å². The van der Waals surface area contributed by atoms with Crippen molar-refractivity contribution in [3.63, 3.8) is 0 Å². The van der Waals surface area contributed by atoms with Crippen molar-refractivity contribution in [2.45, 2.75) is 71.4 Å². The summed E-state index contributed by atoms with van der Waals surface area (Å²) in [5.41, 5.74) is 2.41. The van der Waals surface area contributed by atoms with Crippen molar-refractivity contribution in [2.75, 3.05) is 0 Å². The average Bonchev–Trinajstić information content (AvgIpc) is 3.13. The Morgan fingerprint density at radius 1 is 1.23 bits per heavy atom. The van der Waals surface area contributed by atoms with Crippen molar-refractivity contribution < 1.29 is 9.21 Å². The first-order valence-corrected chi connectivity index (χ1v) is 9.77. The molecule has 1 aliphatic carbocycles. The number of aromatic nitrogens is 1. The summed E-state index contributed by atoms with van der Waals surface area (Å²) in [5.74, 6) is 0.359. The topological polar surface area (TPSA) is 64.2 Å². The highest BCUT2D eigenvalue weighted by molar-refractivity contribution is 5.94. The number of nitrogens with one attached hydrogen (secondary N) is 1. The third-order valence-electron chi connectivity index (χ3n) is 5.08. The number of carbonyl (C=O) groups is 1. The molecule has 0 bridgehead atoms. The molecule has 140 valence electrons. The largest absolute Gasteiger partial charge is 0.467 e. The van der Waals surface area contributed by atoms with Gasteiger partial charge in [-0.25, -0.2) is 0 Å². The molecule has 26 heavy (non-hydrogen) atoms. The number of rotatable bonds is 6. The molecule has 1 N–H and O–H groups in total. The van der Waals surface area contributed by atoms with Crippen LogP contribution in [0.25, 0.3) is 0 Å². The molecule has 0 unspecified atom stereocenters. The lowest BCUT2D eigenvalue weighted by Crippen LogP contribution is -2.35. The maximum Gasteiger partial charge on any atom is 0.263 e. The standard InChI is InChI=1S/C21H28N2O3/c1-2-3-12-23-19-11-7-5-4-6-9-16(19)14-18(21(23)25)20(24)22-15-17-10-8-13-26-17/h8,10,13-14H,2-7,9,11-12,15H2,1H3,(H,22,24). The minimum atomic E-state index is -0.318. The van der Waals surface area contributed by atoms with Gasteiger partial charge in [0.25, 0.3) is 11.5 Å². The molecular formula is C21H28N2O3. The van der Waals surface area contributed by atoms with Crippen molar-refractivity contribution in [1.82, 2.24) is 9.88 Å². The summed E-state index contributed by atoms with van der Waals surface area (Å²) in [6.07, 6.45) is 10.1. The Balaban J connectivity index is 1.91. The second-order valence-corrected chi connectivity index (χ2v) is 7.02. The molecule has 2 aromatic heterocycles. The van der Waals surface area contributed by atoms with Gasteiger partial charge in [0.05, 0.1) is 12.8 Å². The van der Waals surface area contributed by atoms with Gasteiger partial charge >= 0.3 is 0 Å². The van der Waals surface area contributed by atoms with E-state index in [1.165, 1.54) is 18.4 Å². The minimum absolute atomic E-state index is 0.158. The Morgan fingerprint density at radius 3 is 2.77 bits per heavy atom. The third-order valence-corrected chi connectivity index (χ3v) is 5.08. The second kappa shape index (κ2) is 8.88. The van der Waals surface area contributed by atoms with Gasteiger partial charge in [0.2, 0.25) is 0 Å². The number of fused-ring (bicyclic) bond motifs is 1. The van der Waals surface area contributed by atoms with Crippen molar-refractivity contribution in [2.24, 2.45) is 0 Å². The fourth-order valence-electron chi connectivity index (χ4n) is 3.63. The normalized spacial score (nSPS) is 14.3. The van der Waals surface area contributed by atoms with Crippen LogP contribution in [0, 0.1) is 0 Å². The van der Waals surface area contributed by atoms with Crippen LogP contribution in [0.2, 0.25) is 0 Å². The molecule has 5 nitrogen and oxygen atoms in total. The zero-order valence-electron chi connectivity index (χ0n) is 15.6. The van der Waals surface area contributed by atoms with Crippen LogP contribution in [-0.2, 0) is 25.9 Å². The lowest BCUT2D eigenvalue weighted by molar-refractivity contribution is 0.0945. The molecular weight excluding hydrogens is 328 g/mol. The predicted molar refractivity (Wildman–Crippen MR) is 101 cm³/mol. The molecule has 0 spiro atoms. The Labute approximate surface area is 154 Å². The fourth-order valence-corrected chi connectivity index (χ4v) is 3.63. The zero-order chi connectivity index (χ0) is 18.4. The van der Waals surface area contributed by atoms with E-state index in [1.54, 1.807) is 18.4 Å². The van der Waals surface area contributed by atoms with Gasteiger partial charge in [0.15, 0.2) is 0 Å². The van der Waals surface area contributed by atoms with E-state index in [1.807, 2.05) is 10.6 Å². The Hall–Kier alpha value is -2.30. The summed E-state index contributed by atoms with van der Waals surface area (Å²) in [6.45, 7) is 3.10. The van der Waals surface area contributed by atoms with Gasteiger partial charge in [-0.15, -0.1) is 0 Å². The molecule has 3 rings (SSSR count). The molecule has 5 heteroatoms. The molecule has 1 amide bonds. The highest BCUT2D eigenvalue weighted by atomic mass is 16.3. The number of unbranched alkanes of at least 4 members (excludes halogenated alkanes) is 1. The molecule has 2 heterocycles. The molecule has 0 saturated carbocycles. The van der Waals surface area contributed by atoms with Gasteiger partial charge < -0.3 is 14.3 Å². The molecule has 0 atom stereocenters. The minimum Gasteiger partial charge on any atom is -0.467 e. The van der Waals surface area contributed by atoms with Gasteiger partial charge in [-0.05, 0) is 55.9 Å². The Morgan fingerprint density at radius 2 is 2.04 bits per heavy atom. The van der Waals surface area contributed by atoms with E-state index in [-0.39, 0.29) is 23.6 Å². The van der Waals surface area contributed by atoms with Crippen LogP contribution in [0.3, 0.4) is 0 Å².